The first kappa shape index (κ1) is 18.3. The summed E-state index contributed by atoms with van der Waals surface area (Å²) in [5, 5.41) is 0.162. The third-order valence-electron chi connectivity index (χ3n) is 3.93. The van der Waals surface area contributed by atoms with Crippen LogP contribution in [0.1, 0.15) is 6.92 Å². The van der Waals surface area contributed by atoms with Gasteiger partial charge in [0.25, 0.3) is 0 Å². The molecule has 3 aromatic rings. The Morgan fingerprint density at radius 3 is 2.26 bits per heavy atom. The molecule has 0 saturated heterocycles. The zero-order valence-corrected chi connectivity index (χ0v) is 15.3. The lowest BCUT2D eigenvalue weighted by molar-refractivity contribution is -0.131. The normalized spacial score (nSPS) is 10.5. The summed E-state index contributed by atoms with van der Waals surface area (Å²) in [5.74, 6) is 1.33. The molecule has 0 atom stereocenters. The molecule has 1 aromatic heterocycles. The van der Waals surface area contributed by atoms with E-state index in [-0.39, 0.29) is 22.1 Å². The SMILES string of the molecule is COc1cc(OC(C)=O)c2c(=O)cc(-c3ccc(OC)c(OC)c3)oc2c1. The van der Waals surface area contributed by atoms with Crippen LogP contribution in [0.2, 0.25) is 0 Å². The van der Waals surface area contributed by atoms with Gasteiger partial charge in [0.05, 0.1) is 21.3 Å². The Morgan fingerprint density at radius 1 is 0.889 bits per heavy atom. The van der Waals surface area contributed by atoms with Crippen molar-refractivity contribution in [3.63, 3.8) is 0 Å². The molecular weight excluding hydrogens is 352 g/mol. The van der Waals surface area contributed by atoms with Gasteiger partial charge in [-0.3, -0.25) is 9.59 Å². The molecule has 0 fully saturated rings. The van der Waals surface area contributed by atoms with Crippen LogP contribution in [0.5, 0.6) is 23.0 Å². The first-order valence-electron chi connectivity index (χ1n) is 8.03. The molecule has 0 radical (unpaired) electrons. The number of ether oxygens (including phenoxy) is 4. The van der Waals surface area contributed by atoms with E-state index >= 15 is 0 Å². The zero-order chi connectivity index (χ0) is 19.6. The van der Waals surface area contributed by atoms with Crippen molar-refractivity contribution in [2.75, 3.05) is 21.3 Å². The van der Waals surface area contributed by atoms with Gasteiger partial charge in [-0.05, 0) is 18.2 Å². The summed E-state index contributed by atoms with van der Waals surface area (Å²) in [5.41, 5.74) is 0.520. The summed E-state index contributed by atoms with van der Waals surface area (Å²) in [7, 11) is 4.53. The van der Waals surface area contributed by atoms with Crippen LogP contribution in [0.4, 0.5) is 0 Å². The quantitative estimate of drug-likeness (QED) is 0.503. The highest BCUT2D eigenvalue weighted by Gasteiger charge is 2.16. The van der Waals surface area contributed by atoms with Crippen molar-refractivity contribution in [3.8, 4) is 34.3 Å². The van der Waals surface area contributed by atoms with E-state index in [9.17, 15) is 9.59 Å². The number of methoxy groups -OCH3 is 3. The molecule has 0 aliphatic carbocycles. The van der Waals surface area contributed by atoms with E-state index in [1.807, 2.05) is 0 Å². The number of esters is 1. The Hall–Kier alpha value is -3.48. The van der Waals surface area contributed by atoms with E-state index in [0.29, 0.717) is 28.6 Å². The Labute approximate surface area is 155 Å². The van der Waals surface area contributed by atoms with E-state index in [2.05, 4.69) is 0 Å². The topological polar surface area (TPSA) is 84.2 Å². The molecule has 0 N–H and O–H groups in total. The van der Waals surface area contributed by atoms with Crippen LogP contribution in [0, 0.1) is 0 Å². The zero-order valence-electron chi connectivity index (χ0n) is 15.3. The molecule has 0 bridgehead atoms. The minimum atomic E-state index is -0.548. The standard InChI is InChI=1S/C20H18O7/c1-11(21)26-18-8-13(23-2)9-19-20(18)14(22)10-16(27-19)12-5-6-15(24-3)17(7-12)25-4/h5-10H,1-4H3. The number of hydrogen-bond acceptors (Lipinski definition) is 7. The summed E-state index contributed by atoms with van der Waals surface area (Å²) in [4.78, 5) is 24.1. The highest BCUT2D eigenvalue weighted by molar-refractivity contribution is 5.88. The van der Waals surface area contributed by atoms with Gasteiger partial charge in [-0.2, -0.15) is 0 Å². The largest absolute Gasteiger partial charge is 0.496 e. The molecule has 0 amide bonds. The van der Waals surface area contributed by atoms with Crippen molar-refractivity contribution < 1.29 is 28.2 Å². The highest BCUT2D eigenvalue weighted by Crippen LogP contribution is 2.35. The van der Waals surface area contributed by atoms with Gasteiger partial charge in [-0.1, -0.05) is 0 Å². The van der Waals surface area contributed by atoms with Gasteiger partial charge in [0.2, 0.25) is 0 Å². The average molecular weight is 370 g/mol. The summed E-state index contributed by atoms with van der Waals surface area (Å²) in [6, 6.07) is 9.54. The fraction of sp³-hybridized carbons (Fsp3) is 0.200. The van der Waals surface area contributed by atoms with Crippen LogP contribution >= 0.6 is 0 Å². The third-order valence-corrected chi connectivity index (χ3v) is 3.93. The van der Waals surface area contributed by atoms with Crippen molar-refractivity contribution in [1.29, 1.82) is 0 Å². The van der Waals surface area contributed by atoms with Crippen LogP contribution < -0.4 is 24.4 Å². The Morgan fingerprint density at radius 2 is 1.63 bits per heavy atom. The van der Waals surface area contributed by atoms with Crippen molar-refractivity contribution in [3.05, 3.63) is 46.6 Å². The lowest BCUT2D eigenvalue weighted by Crippen LogP contribution is -2.08. The van der Waals surface area contributed by atoms with Crippen LogP contribution in [0.15, 0.2) is 45.6 Å². The lowest BCUT2D eigenvalue weighted by Gasteiger charge is -2.11. The van der Waals surface area contributed by atoms with Crippen LogP contribution in [0.3, 0.4) is 0 Å². The van der Waals surface area contributed by atoms with E-state index in [1.54, 1.807) is 24.3 Å². The number of rotatable bonds is 5. The molecule has 27 heavy (non-hydrogen) atoms. The molecule has 0 unspecified atom stereocenters. The maximum atomic E-state index is 12.7. The Kier molecular flexibility index (Phi) is 5.03. The van der Waals surface area contributed by atoms with E-state index in [1.165, 1.54) is 40.4 Å². The van der Waals surface area contributed by atoms with Gasteiger partial charge < -0.3 is 23.4 Å². The summed E-state index contributed by atoms with van der Waals surface area (Å²) < 4.78 is 26.8. The Bertz CT molecular complexity index is 1070. The van der Waals surface area contributed by atoms with E-state index < -0.39 is 5.97 Å². The van der Waals surface area contributed by atoms with Gasteiger partial charge in [0.1, 0.15) is 28.2 Å². The van der Waals surface area contributed by atoms with E-state index in [0.717, 1.165) is 0 Å². The molecule has 140 valence electrons. The summed E-state index contributed by atoms with van der Waals surface area (Å²) in [6.07, 6.45) is 0. The predicted octanol–water partition coefficient (Wildman–Crippen LogP) is 3.41. The molecule has 0 aliphatic heterocycles. The number of carbonyl (C=O) groups excluding carboxylic acids is 1. The number of fused-ring (bicyclic) bond motifs is 1. The lowest BCUT2D eigenvalue weighted by atomic mass is 10.1. The minimum Gasteiger partial charge on any atom is -0.496 e. The van der Waals surface area contributed by atoms with E-state index in [4.69, 9.17) is 23.4 Å². The van der Waals surface area contributed by atoms with Gasteiger partial charge in [0.15, 0.2) is 16.9 Å². The highest BCUT2D eigenvalue weighted by atomic mass is 16.5. The second-order valence-corrected chi connectivity index (χ2v) is 5.64. The molecule has 7 heteroatoms. The van der Waals surface area contributed by atoms with Crippen LogP contribution in [0.25, 0.3) is 22.3 Å². The Balaban J connectivity index is 2.22. The van der Waals surface area contributed by atoms with Crippen molar-refractivity contribution in [2.24, 2.45) is 0 Å². The molecule has 3 rings (SSSR count). The molecular formula is C20H18O7. The van der Waals surface area contributed by atoms with Crippen molar-refractivity contribution >= 4 is 16.9 Å². The molecule has 7 nitrogen and oxygen atoms in total. The molecule has 0 spiro atoms. The number of carbonyl (C=O) groups is 1. The molecule has 0 aliphatic rings. The van der Waals surface area contributed by atoms with Gasteiger partial charge in [-0.15, -0.1) is 0 Å². The van der Waals surface area contributed by atoms with Gasteiger partial charge >= 0.3 is 5.97 Å². The minimum absolute atomic E-state index is 0.0875. The van der Waals surface area contributed by atoms with Gasteiger partial charge in [-0.25, -0.2) is 0 Å². The molecule has 0 saturated carbocycles. The van der Waals surface area contributed by atoms with Crippen molar-refractivity contribution in [2.45, 2.75) is 6.92 Å². The molecule has 2 aromatic carbocycles. The van der Waals surface area contributed by atoms with Crippen LogP contribution in [-0.2, 0) is 4.79 Å². The summed E-state index contributed by atoms with van der Waals surface area (Å²) >= 11 is 0. The average Bonchev–Trinajstić information content (AvgIpc) is 2.66. The smallest absolute Gasteiger partial charge is 0.308 e. The number of benzene rings is 2. The first-order chi connectivity index (χ1) is 13.0. The maximum Gasteiger partial charge on any atom is 0.308 e. The monoisotopic (exact) mass is 370 g/mol. The van der Waals surface area contributed by atoms with Crippen LogP contribution in [-0.4, -0.2) is 27.3 Å². The fourth-order valence-corrected chi connectivity index (χ4v) is 2.71. The fourth-order valence-electron chi connectivity index (χ4n) is 2.71. The second kappa shape index (κ2) is 7.41. The third kappa shape index (κ3) is 3.57. The maximum absolute atomic E-state index is 12.7. The van der Waals surface area contributed by atoms with Crippen molar-refractivity contribution in [1.82, 2.24) is 0 Å². The number of hydrogen-bond donors (Lipinski definition) is 0. The first-order valence-corrected chi connectivity index (χ1v) is 8.03. The predicted molar refractivity (Wildman–Crippen MR) is 98.9 cm³/mol. The second-order valence-electron chi connectivity index (χ2n) is 5.64. The summed E-state index contributed by atoms with van der Waals surface area (Å²) in [6.45, 7) is 1.25. The van der Waals surface area contributed by atoms with Gasteiger partial charge in [0, 0.05) is 30.7 Å². The molecule has 1 heterocycles.